The van der Waals surface area contributed by atoms with Crippen LogP contribution in [0.3, 0.4) is 0 Å². The summed E-state index contributed by atoms with van der Waals surface area (Å²) < 4.78 is 44.4. The molecule has 0 aliphatic heterocycles. The molecule has 0 saturated carbocycles. The zero-order chi connectivity index (χ0) is 24.6. The maximum atomic E-state index is 13.0. The Morgan fingerprint density at radius 1 is 0.853 bits per heavy atom. The minimum atomic E-state index is -3.98. The summed E-state index contributed by atoms with van der Waals surface area (Å²) in [6.45, 7) is 2.38. The normalized spacial score (nSPS) is 10.9. The van der Waals surface area contributed by atoms with Crippen molar-refractivity contribution in [2.75, 3.05) is 30.9 Å². The number of anilines is 2. The van der Waals surface area contributed by atoms with E-state index in [0.29, 0.717) is 30.2 Å². The largest absolute Gasteiger partial charge is 0.497 e. The fraction of sp³-hybridized carbons (Fsp3) is 0.240. The Hall–Kier alpha value is -3.72. The molecule has 3 rings (SSSR count). The highest BCUT2D eigenvalue weighted by molar-refractivity contribution is 7.92. The van der Waals surface area contributed by atoms with Crippen molar-refractivity contribution in [1.29, 1.82) is 0 Å². The van der Waals surface area contributed by atoms with Gasteiger partial charge in [0.25, 0.3) is 10.0 Å². The second-order valence-corrected chi connectivity index (χ2v) is 8.98. The van der Waals surface area contributed by atoms with Crippen LogP contribution in [0.25, 0.3) is 0 Å². The molecule has 0 aliphatic carbocycles. The summed E-state index contributed by atoms with van der Waals surface area (Å²) in [4.78, 5) is 12.4. The van der Waals surface area contributed by atoms with Gasteiger partial charge < -0.3 is 19.5 Å². The van der Waals surface area contributed by atoms with Crippen LogP contribution in [0.2, 0.25) is 0 Å². The first-order chi connectivity index (χ1) is 16.3. The minimum Gasteiger partial charge on any atom is -0.497 e. The van der Waals surface area contributed by atoms with Crippen LogP contribution in [-0.2, 0) is 21.2 Å². The van der Waals surface area contributed by atoms with Gasteiger partial charge in [0, 0.05) is 17.8 Å². The highest BCUT2D eigenvalue weighted by Crippen LogP contribution is 2.29. The molecule has 8 nitrogen and oxygen atoms in total. The van der Waals surface area contributed by atoms with E-state index in [-0.39, 0.29) is 23.0 Å². The Balaban J connectivity index is 1.70. The van der Waals surface area contributed by atoms with Gasteiger partial charge in [-0.3, -0.25) is 9.52 Å². The Labute approximate surface area is 199 Å². The van der Waals surface area contributed by atoms with Crippen molar-refractivity contribution in [1.82, 2.24) is 0 Å². The summed E-state index contributed by atoms with van der Waals surface area (Å²) in [7, 11) is -0.996. The maximum absolute atomic E-state index is 13.0. The maximum Gasteiger partial charge on any atom is 0.265 e. The van der Waals surface area contributed by atoms with Crippen molar-refractivity contribution in [2.45, 2.75) is 24.7 Å². The molecule has 0 atom stereocenters. The van der Waals surface area contributed by atoms with Crippen LogP contribution < -0.4 is 24.2 Å². The first-order valence-corrected chi connectivity index (χ1v) is 12.2. The van der Waals surface area contributed by atoms with Gasteiger partial charge in [0.15, 0.2) is 0 Å². The van der Waals surface area contributed by atoms with E-state index in [0.717, 1.165) is 11.3 Å². The minimum absolute atomic E-state index is 0.0863. The number of nitrogens with one attached hydrogen (secondary N) is 2. The zero-order valence-corrected chi connectivity index (χ0v) is 20.1. The molecule has 9 heteroatoms. The van der Waals surface area contributed by atoms with E-state index in [1.165, 1.54) is 19.2 Å². The molecule has 0 aliphatic rings. The summed E-state index contributed by atoms with van der Waals surface area (Å²) in [5.74, 6) is 1.32. The molecule has 0 fully saturated rings. The molecule has 180 valence electrons. The van der Waals surface area contributed by atoms with Crippen molar-refractivity contribution in [3.05, 3.63) is 72.3 Å². The highest BCUT2D eigenvalue weighted by Gasteiger charge is 2.21. The van der Waals surface area contributed by atoms with E-state index < -0.39 is 10.0 Å². The van der Waals surface area contributed by atoms with Gasteiger partial charge in [0.2, 0.25) is 5.91 Å². The number of ether oxygens (including phenoxy) is 3. The van der Waals surface area contributed by atoms with E-state index in [9.17, 15) is 13.2 Å². The molecule has 0 spiro atoms. The van der Waals surface area contributed by atoms with Gasteiger partial charge >= 0.3 is 0 Å². The number of hydrogen-bond acceptors (Lipinski definition) is 6. The van der Waals surface area contributed by atoms with Gasteiger partial charge in [-0.25, -0.2) is 8.42 Å². The van der Waals surface area contributed by atoms with Crippen LogP contribution in [0.4, 0.5) is 11.4 Å². The molecule has 3 aromatic carbocycles. The van der Waals surface area contributed by atoms with E-state index in [4.69, 9.17) is 14.2 Å². The van der Waals surface area contributed by atoms with Gasteiger partial charge in [-0.2, -0.15) is 0 Å². The topological polar surface area (TPSA) is 103 Å². The van der Waals surface area contributed by atoms with E-state index in [1.807, 2.05) is 31.2 Å². The highest BCUT2D eigenvalue weighted by atomic mass is 32.2. The lowest BCUT2D eigenvalue weighted by Gasteiger charge is -2.14. The third-order valence-electron chi connectivity index (χ3n) is 4.95. The van der Waals surface area contributed by atoms with Crippen molar-refractivity contribution < 1.29 is 27.4 Å². The lowest BCUT2D eigenvalue weighted by molar-refractivity contribution is -0.116. The fourth-order valence-electron chi connectivity index (χ4n) is 3.23. The number of methoxy groups -OCH3 is 2. The second-order valence-electron chi connectivity index (χ2n) is 7.32. The molecule has 0 aromatic heterocycles. The van der Waals surface area contributed by atoms with Crippen molar-refractivity contribution in [3.8, 4) is 17.2 Å². The molecule has 2 N–H and O–H groups in total. The SMILES string of the molecule is CCOc1ccc(NS(=O)(=O)c2cc(NC(=O)CCc3ccc(OC)cc3)ccc2OC)cc1. The van der Waals surface area contributed by atoms with Crippen LogP contribution in [0.5, 0.6) is 17.2 Å². The summed E-state index contributed by atoms with van der Waals surface area (Å²) >= 11 is 0. The van der Waals surface area contributed by atoms with E-state index in [1.54, 1.807) is 37.4 Å². The van der Waals surface area contributed by atoms with Gasteiger partial charge in [-0.15, -0.1) is 0 Å². The van der Waals surface area contributed by atoms with Gasteiger partial charge in [0.1, 0.15) is 22.1 Å². The average Bonchev–Trinajstić information content (AvgIpc) is 2.84. The molecular formula is C25H28N2O6S. The molecule has 0 bridgehead atoms. The lowest BCUT2D eigenvalue weighted by atomic mass is 10.1. The second kappa shape index (κ2) is 11.4. The van der Waals surface area contributed by atoms with Crippen molar-refractivity contribution in [2.24, 2.45) is 0 Å². The third-order valence-corrected chi connectivity index (χ3v) is 6.36. The standard InChI is InChI=1S/C25H28N2O6S/c1-4-33-22-13-8-19(9-14-22)27-34(29,30)24-17-20(10-15-23(24)32-3)26-25(28)16-7-18-5-11-21(31-2)12-6-18/h5-6,8-15,17,27H,4,7,16H2,1-3H3,(H,26,28). The van der Waals surface area contributed by atoms with Crippen LogP contribution in [0.1, 0.15) is 18.9 Å². The van der Waals surface area contributed by atoms with Gasteiger partial charge in [-0.1, -0.05) is 12.1 Å². The molecule has 0 saturated heterocycles. The predicted molar refractivity (Wildman–Crippen MR) is 131 cm³/mol. The fourth-order valence-corrected chi connectivity index (χ4v) is 4.49. The summed E-state index contributed by atoms with van der Waals surface area (Å²) in [5, 5.41) is 2.76. The number of amides is 1. The Bertz CT molecular complexity index is 1210. The molecule has 0 unspecified atom stereocenters. The van der Waals surface area contributed by atoms with Crippen LogP contribution in [0.15, 0.2) is 71.6 Å². The number of carbonyl (C=O) groups excluding carboxylic acids is 1. The summed E-state index contributed by atoms with van der Waals surface area (Å²) in [6.07, 6.45) is 0.779. The van der Waals surface area contributed by atoms with Gasteiger partial charge in [-0.05, 0) is 73.5 Å². The number of benzene rings is 3. The van der Waals surface area contributed by atoms with E-state index >= 15 is 0 Å². The predicted octanol–water partition coefficient (Wildman–Crippen LogP) is 4.47. The number of aryl methyl sites for hydroxylation is 1. The quantitative estimate of drug-likeness (QED) is 0.416. The Morgan fingerprint density at radius 2 is 1.50 bits per heavy atom. The molecule has 3 aromatic rings. The molecule has 34 heavy (non-hydrogen) atoms. The number of sulfonamides is 1. The van der Waals surface area contributed by atoms with Crippen LogP contribution in [-0.4, -0.2) is 35.2 Å². The van der Waals surface area contributed by atoms with Crippen molar-refractivity contribution >= 4 is 27.3 Å². The molecule has 0 radical (unpaired) electrons. The summed E-state index contributed by atoms with van der Waals surface area (Å²) in [6, 6.07) is 18.5. The first kappa shape index (κ1) is 24.9. The lowest BCUT2D eigenvalue weighted by Crippen LogP contribution is -2.16. The van der Waals surface area contributed by atoms with Crippen LogP contribution in [0, 0.1) is 0 Å². The monoisotopic (exact) mass is 484 g/mol. The van der Waals surface area contributed by atoms with E-state index in [2.05, 4.69) is 10.0 Å². The Kier molecular flexibility index (Phi) is 8.37. The number of hydrogen-bond donors (Lipinski definition) is 2. The summed E-state index contributed by atoms with van der Waals surface area (Å²) in [5.41, 5.74) is 1.72. The Morgan fingerprint density at radius 3 is 2.12 bits per heavy atom. The van der Waals surface area contributed by atoms with Crippen molar-refractivity contribution in [3.63, 3.8) is 0 Å². The van der Waals surface area contributed by atoms with Gasteiger partial charge in [0.05, 0.1) is 20.8 Å². The number of carbonyl (C=O) groups is 1. The smallest absolute Gasteiger partial charge is 0.265 e. The first-order valence-electron chi connectivity index (χ1n) is 10.7. The molecular weight excluding hydrogens is 456 g/mol. The molecule has 1 amide bonds. The number of rotatable bonds is 11. The molecule has 0 heterocycles. The third kappa shape index (κ3) is 6.64. The van der Waals surface area contributed by atoms with Crippen LogP contribution >= 0.6 is 0 Å². The zero-order valence-electron chi connectivity index (χ0n) is 19.3. The average molecular weight is 485 g/mol.